The first-order valence-corrected chi connectivity index (χ1v) is 6.32. The molecule has 21 heavy (non-hydrogen) atoms. The van der Waals surface area contributed by atoms with E-state index in [0.717, 1.165) is 23.8 Å². The van der Waals surface area contributed by atoms with Gasteiger partial charge in [-0.3, -0.25) is 4.79 Å². The normalized spacial score (nSPS) is 9.95. The maximum Gasteiger partial charge on any atom is 0.224 e. The SMILES string of the molecule is N#Cc1ccc(CCC(=O)Nc2cc(F)ccc2F)cc1. The summed E-state index contributed by atoms with van der Waals surface area (Å²) in [5.74, 6) is -1.69. The van der Waals surface area contributed by atoms with Gasteiger partial charge in [0.05, 0.1) is 17.3 Å². The van der Waals surface area contributed by atoms with E-state index in [0.29, 0.717) is 12.0 Å². The van der Waals surface area contributed by atoms with E-state index in [9.17, 15) is 13.6 Å². The Hall–Kier alpha value is -2.74. The van der Waals surface area contributed by atoms with Gasteiger partial charge in [0.25, 0.3) is 0 Å². The number of hydrogen-bond donors (Lipinski definition) is 1. The molecule has 0 bridgehead atoms. The number of nitrogens with one attached hydrogen (secondary N) is 1. The van der Waals surface area contributed by atoms with Crippen molar-refractivity contribution < 1.29 is 13.6 Å². The average Bonchev–Trinajstić information content (AvgIpc) is 2.49. The summed E-state index contributed by atoms with van der Waals surface area (Å²) in [5, 5.41) is 11.0. The van der Waals surface area contributed by atoms with Gasteiger partial charge in [-0.25, -0.2) is 8.78 Å². The average molecular weight is 286 g/mol. The molecule has 0 heterocycles. The third-order valence-corrected chi connectivity index (χ3v) is 2.93. The molecule has 2 aromatic carbocycles. The van der Waals surface area contributed by atoms with Crippen molar-refractivity contribution in [3.05, 3.63) is 65.2 Å². The van der Waals surface area contributed by atoms with Gasteiger partial charge < -0.3 is 5.32 Å². The summed E-state index contributed by atoms with van der Waals surface area (Å²) in [5.41, 5.74) is 1.27. The number of aryl methyl sites for hydroxylation is 1. The maximum atomic E-state index is 13.4. The van der Waals surface area contributed by atoms with E-state index < -0.39 is 17.5 Å². The Bertz CT molecular complexity index is 690. The monoisotopic (exact) mass is 286 g/mol. The molecule has 0 saturated heterocycles. The lowest BCUT2D eigenvalue weighted by Crippen LogP contribution is -2.13. The predicted octanol–water partition coefficient (Wildman–Crippen LogP) is 3.41. The molecule has 0 aromatic heterocycles. The van der Waals surface area contributed by atoms with Crippen molar-refractivity contribution in [1.82, 2.24) is 0 Å². The van der Waals surface area contributed by atoms with Gasteiger partial charge in [0, 0.05) is 12.5 Å². The van der Waals surface area contributed by atoms with Gasteiger partial charge in [0.1, 0.15) is 11.6 Å². The molecule has 0 fully saturated rings. The molecular formula is C16H12F2N2O. The van der Waals surface area contributed by atoms with Crippen molar-refractivity contribution in [1.29, 1.82) is 5.26 Å². The van der Waals surface area contributed by atoms with Crippen molar-refractivity contribution in [3.8, 4) is 6.07 Å². The smallest absolute Gasteiger partial charge is 0.224 e. The van der Waals surface area contributed by atoms with Crippen LogP contribution in [0.4, 0.5) is 14.5 Å². The van der Waals surface area contributed by atoms with E-state index in [1.165, 1.54) is 0 Å². The molecule has 1 amide bonds. The molecule has 0 atom stereocenters. The van der Waals surface area contributed by atoms with Crippen LogP contribution < -0.4 is 5.32 Å². The number of anilines is 1. The lowest BCUT2D eigenvalue weighted by molar-refractivity contribution is -0.116. The van der Waals surface area contributed by atoms with Crippen LogP contribution >= 0.6 is 0 Å². The fourth-order valence-electron chi connectivity index (χ4n) is 1.81. The van der Waals surface area contributed by atoms with Crippen molar-refractivity contribution >= 4 is 11.6 Å². The Balaban J connectivity index is 1.92. The largest absolute Gasteiger partial charge is 0.324 e. The van der Waals surface area contributed by atoms with Crippen LogP contribution in [0, 0.1) is 23.0 Å². The minimum absolute atomic E-state index is 0.141. The zero-order valence-electron chi connectivity index (χ0n) is 11.1. The van der Waals surface area contributed by atoms with Crippen LogP contribution in [0.1, 0.15) is 17.5 Å². The quantitative estimate of drug-likeness (QED) is 0.936. The number of rotatable bonds is 4. The Kier molecular flexibility index (Phi) is 4.62. The highest BCUT2D eigenvalue weighted by Gasteiger charge is 2.08. The summed E-state index contributed by atoms with van der Waals surface area (Å²) in [6.07, 6.45) is 0.594. The van der Waals surface area contributed by atoms with Crippen LogP contribution in [0.15, 0.2) is 42.5 Å². The molecule has 3 nitrogen and oxygen atoms in total. The first kappa shape index (κ1) is 14.7. The molecular weight excluding hydrogens is 274 g/mol. The highest BCUT2D eigenvalue weighted by atomic mass is 19.1. The van der Waals surface area contributed by atoms with E-state index in [1.54, 1.807) is 24.3 Å². The summed E-state index contributed by atoms with van der Waals surface area (Å²) in [6, 6.07) is 11.7. The third kappa shape index (κ3) is 4.11. The van der Waals surface area contributed by atoms with E-state index in [2.05, 4.69) is 5.32 Å². The number of amides is 1. The molecule has 1 N–H and O–H groups in total. The maximum absolute atomic E-state index is 13.4. The van der Waals surface area contributed by atoms with Crippen molar-refractivity contribution in [2.75, 3.05) is 5.32 Å². The first-order valence-electron chi connectivity index (χ1n) is 6.32. The van der Waals surface area contributed by atoms with E-state index in [1.807, 2.05) is 6.07 Å². The van der Waals surface area contributed by atoms with Crippen molar-refractivity contribution in [2.45, 2.75) is 12.8 Å². The molecule has 106 valence electrons. The van der Waals surface area contributed by atoms with Crippen LogP contribution in [-0.4, -0.2) is 5.91 Å². The second-order valence-electron chi connectivity index (χ2n) is 4.48. The summed E-state index contributed by atoms with van der Waals surface area (Å²) in [4.78, 5) is 11.7. The predicted molar refractivity (Wildman–Crippen MR) is 74.5 cm³/mol. The van der Waals surface area contributed by atoms with Gasteiger partial charge in [-0.1, -0.05) is 12.1 Å². The minimum atomic E-state index is -0.678. The first-order chi connectivity index (χ1) is 10.1. The lowest BCUT2D eigenvalue weighted by Gasteiger charge is -2.06. The molecule has 0 saturated carbocycles. The topological polar surface area (TPSA) is 52.9 Å². The Morgan fingerprint density at radius 1 is 1.14 bits per heavy atom. The highest BCUT2D eigenvalue weighted by Crippen LogP contribution is 2.16. The summed E-state index contributed by atoms with van der Waals surface area (Å²) < 4.78 is 26.3. The van der Waals surface area contributed by atoms with Crippen LogP contribution in [0.2, 0.25) is 0 Å². The molecule has 0 radical (unpaired) electrons. The fraction of sp³-hybridized carbons (Fsp3) is 0.125. The van der Waals surface area contributed by atoms with Gasteiger partial charge in [0.15, 0.2) is 0 Å². The number of nitrogens with zero attached hydrogens (tertiary/aromatic N) is 1. The molecule has 0 unspecified atom stereocenters. The Labute approximate surface area is 120 Å². The highest BCUT2D eigenvalue weighted by molar-refractivity contribution is 5.90. The van der Waals surface area contributed by atoms with Gasteiger partial charge in [-0.05, 0) is 36.2 Å². The van der Waals surface area contributed by atoms with E-state index in [-0.39, 0.29) is 12.1 Å². The van der Waals surface area contributed by atoms with Gasteiger partial charge >= 0.3 is 0 Å². The van der Waals surface area contributed by atoms with Crippen LogP contribution in [0.25, 0.3) is 0 Å². The number of benzene rings is 2. The van der Waals surface area contributed by atoms with Crippen molar-refractivity contribution in [2.24, 2.45) is 0 Å². The summed E-state index contributed by atoms with van der Waals surface area (Å²) in [7, 11) is 0. The van der Waals surface area contributed by atoms with Crippen molar-refractivity contribution in [3.63, 3.8) is 0 Å². The Morgan fingerprint density at radius 2 is 1.86 bits per heavy atom. The zero-order chi connectivity index (χ0) is 15.2. The number of carbonyl (C=O) groups is 1. The van der Waals surface area contributed by atoms with Gasteiger partial charge in [0.2, 0.25) is 5.91 Å². The number of halogens is 2. The second-order valence-corrected chi connectivity index (χ2v) is 4.48. The Morgan fingerprint density at radius 3 is 2.52 bits per heavy atom. The molecule has 0 aliphatic heterocycles. The lowest BCUT2D eigenvalue weighted by atomic mass is 10.1. The van der Waals surface area contributed by atoms with E-state index in [4.69, 9.17) is 5.26 Å². The zero-order valence-corrected chi connectivity index (χ0v) is 11.1. The van der Waals surface area contributed by atoms with Crippen LogP contribution in [-0.2, 0) is 11.2 Å². The van der Waals surface area contributed by atoms with Crippen LogP contribution in [0.3, 0.4) is 0 Å². The summed E-state index contributed by atoms with van der Waals surface area (Å²) in [6.45, 7) is 0. The van der Waals surface area contributed by atoms with E-state index >= 15 is 0 Å². The van der Waals surface area contributed by atoms with Crippen LogP contribution in [0.5, 0.6) is 0 Å². The number of nitriles is 1. The number of hydrogen-bond acceptors (Lipinski definition) is 2. The third-order valence-electron chi connectivity index (χ3n) is 2.93. The number of carbonyl (C=O) groups excluding carboxylic acids is 1. The molecule has 2 rings (SSSR count). The van der Waals surface area contributed by atoms with Gasteiger partial charge in [-0.2, -0.15) is 5.26 Å². The fourth-order valence-corrected chi connectivity index (χ4v) is 1.81. The standard InChI is InChI=1S/C16H12F2N2O/c17-13-6-7-14(18)15(9-13)20-16(21)8-5-11-1-3-12(10-19)4-2-11/h1-4,6-7,9H,5,8H2,(H,20,21). The molecule has 0 aliphatic carbocycles. The molecule has 0 aliphatic rings. The van der Waals surface area contributed by atoms with Gasteiger partial charge in [-0.15, -0.1) is 0 Å². The summed E-state index contributed by atoms with van der Waals surface area (Å²) >= 11 is 0. The molecule has 5 heteroatoms. The molecule has 0 spiro atoms. The molecule has 2 aromatic rings. The second kappa shape index (κ2) is 6.62. The minimum Gasteiger partial charge on any atom is -0.324 e.